The van der Waals surface area contributed by atoms with Gasteiger partial charge in [0.2, 0.25) is 0 Å². The molecule has 0 amide bonds. The minimum atomic E-state index is 0.336. The van der Waals surface area contributed by atoms with Crippen LogP contribution in [0.15, 0.2) is 29.3 Å². The highest BCUT2D eigenvalue weighted by molar-refractivity contribution is 5.80. The Hall–Kier alpha value is -1.75. The summed E-state index contributed by atoms with van der Waals surface area (Å²) in [5.41, 5.74) is 1.21. The van der Waals surface area contributed by atoms with Crippen molar-refractivity contribution in [1.82, 2.24) is 15.5 Å². The molecule has 0 heterocycles. The third-order valence-electron chi connectivity index (χ3n) is 4.86. The molecule has 0 radical (unpaired) electrons. The van der Waals surface area contributed by atoms with Gasteiger partial charge in [-0.15, -0.1) is 0 Å². The highest BCUT2D eigenvalue weighted by Gasteiger charge is 2.12. The van der Waals surface area contributed by atoms with E-state index in [1.807, 2.05) is 19.2 Å². The van der Waals surface area contributed by atoms with E-state index in [-0.39, 0.29) is 0 Å². The van der Waals surface area contributed by atoms with E-state index in [9.17, 15) is 0 Å². The van der Waals surface area contributed by atoms with Gasteiger partial charge in [-0.3, -0.25) is 4.99 Å². The minimum Gasteiger partial charge on any atom is -0.496 e. The smallest absolute Gasteiger partial charge is 0.191 e. The second-order valence-corrected chi connectivity index (χ2v) is 6.81. The van der Waals surface area contributed by atoms with Crippen molar-refractivity contribution in [2.75, 3.05) is 40.3 Å². The van der Waals surface area contributed by atoms with E-state index >= 15 is 0 Å². The van der Waals surface area contributed by atoms with Gasteiger partial charge in [0, 0.05) is 25.6 Å². The third kappa shape index (κ3) is 7.65. The van der Waals surface area contributed by atoms with Crippen LogP contribution in [0.25, 0.3) is 0 Å². The molecule has 0 aliphatic carbocycles. The average Bonchev–Trinajstić information content (AvgIpc) is 2.68. The maximum Gasteiger partial charge on any atom is 0.191 e. The maximum atomic E-state index is 5.47. The van der Waals surface area contributed by atoms with Gasteiger partial charge in [0.1, 0.15) is 5.75 Å². The fourth-order valence-corrected chi connectivity index (χ4v) is 3.09. The summed E-state index contributed by atoms with van der Waals surface area (Å²) in [6.45, 7) is 13.1. The van der Waals surface area contributed by atoms with Crippen molar-refractivity contribution in [1.29, 1.82) is 0 Å². The summed E-state index contributed by atoms with van der Waals surface area (Å²) in [6, 6.07) is 8.59. The zero-order valence-corrected chi connectivity index (χ0v) is 17.5. The Morgan fingerprint density at radius 1 is 1.19 bits per heavy atom. The summed E-state index contributed by atoms with van der Waals surface area (Å²) in [6.07, 6.45) is 2.34. The number of nitrogens with one attached hydrogen (secondary N) is 2. The molecular formula is C21H38N4O. The monoisotopic (exact) mass is 362 g/mol. The van der Waals surface area contributed by atoms with Gasteiger partial charge in [-0.1, -0.05) is 39.0 Å². The predicted molar refractivity (Wildman–Crippen MR) is 112 cm³/mol. The molecule has 5 nitrogen and oxygen atoms in total. The van der Waals surface area contributed by atoms with E-state index in [2.05, 4.69) is 60.4 Å². The maximum absolute atomic E-state index is 5.47. The Balaban J connectivity index is 2.42. The van der Waals surface area contributed by atoms with Crippen LogP contribution in [0.2, 0.25) is 0 Å². The van der Waals surface area contributed by atoms with Crippen molar-refractivity contribution < 1.29 is 4.74 Å². The first-order chi connectivity index (χ1) is 12.5. The topological polar surface area (TPSA) is 48.9 Å². The highest BCUT2D eigenvalue weighted by Crippen LogP contribution is 2.25. The van der Waals surface area contributed by atoms with Crippen molar-refractivity contribution in [3.63, 3.8) is 0 Å². The van der Waals surface area contributed by atoms with E-state index in [4.69, 9.17) is 4.74 Å². The zero-order chi connectivity index (χ0) is 19.4. The van der Waals surface area contributed by atoms with Crippen molar-refractivity contribution in [2.24, 2.45) is 4.99 Å². The molecule has 1 aromatic rings. The molecule has 1 rings (SSSR count). The van der Waals surface area contributed by atoms with Gasteiger partial charge in [-0.2, -0.15) is 0 Å². The van der Waals surface area contributed by atoms with Crippen molar-refractivity contribution in [3.05, 3.63) is 29.8 Å². The molecule has 0 spiro atoms. The number of rotatable bonds is 11. The van der Waals surface area contributed by atoms with E-state index in [0.717, 1.165) is 44.3 Å². The molecule has 148 valence electrons. The summed E-state index contributed by atoms with van der Waals surface area (Å²) in [5.74, 6) is 2.14. The fraction of sp³-hybridized carbons (Fsp3) is 0.667. The number of aliphatic imine (C=N–C) groups is 1. The van der Waals surface area contributed by atoms with Gasteiger partial charge in [-0.25, -0.2) is 0 Å². The number of hydrogen-bond donors (Lipinski definition) is 2. The lowest BCUT2D eigenvalue weighted by molar-refractivity contribution is 0.292. The van der Waals surface area contributed by atoms with Crippen LogP contribution in [0.4, 0.5) is 0 Å². The summed E-state index contributed by atoms with van der Waals surface area (Å²) in [7, 11) is 3.55. The molecular weight excluding hydrogens is 324 g/mol. The lowest BCUT2D eigenvalue weighted by atomic mass is 10.0. The van der Waals surface area contributed by atoms with Gasteiger partial charge in [0.25, 0.3) is 0 Å². The van der Waals surface area contributed by atoms with Crippen LogP contribution in [0.1, 0.15) is 52.0 Å². The summed E-state index contributed by atoms with van der Waals surface area (Å²) in [4.78, 5) is 6.83. The minimum absolute atomic E-state index is 0.336. The molecule has 0 aromatic heterocycles. The van der Waals surface area contributed by atoms with E-state index in [1.165, 1.54) is 12.0 Å². The number of methoxy groups -OCH3 is 1. The molecule has 0 aliphatic heterocycles. The van der Waals surface area contributed by atoms with Gasteiger partial charge in [0.15, 0.2) is 5.96 Å². The predicted octanol–water partition coefficient (Wildman–Crippen LogP) is 3.47. The number of benzene rings is 1. The number of para-hydroxylation sites is 1. The average molecular weight is 363 g/mol. The van der Waals surface area contributed by atoms with E-state index in [0.29, 0.717) is 12.0 Å². The summed E-state index contributed by atoms with van der Waals surface area (Å²) < 4.78 is 5.47. The second-order valence-electron chi connectivity index (χ2n) is 6.81. The number of nitrogens with zero attached hydrogens (tertiary/aromatic N) is 2. The Bertz CT molecular complexity index is 528. The first-order valence-corrected chi connectivity index (χ1v) is 9.88. The van der Waals surface area contributed by atoms with Crippen LogP contribution >= 0.6 is 0 Å². The Morgan fingerprint density at radius 3 is 2.50 bits per heavy atom. The molecule has 5 heteroatoms. The van der Waals surface area contributed by atoms with Crippen LogP contribution in [0, 0.1) is 0 Å². The Morgan fingerprint density at radius 2 is 1.88 bits per heavy atom. The van der Waals surface area contributed by atoms with Crippen LogP contribution < -0.4 is 15.4 Å². The molecule has 2 atom stereocenters. The van der Waals surface area contributed by atoms with Crippen LogP contribution in [0.3, 0.4) is 0 Å². The largest absolute Gasteiger partial charge is 0.496 e. The first kappa shape index (κ1) is 22.3. The highest BCUT2D eigenvalue weighted by atomic mass is 16.5. The van der Waals surface area contributed by atoms with Crippen molar-refractivity contribution >= 4 is 5.96 Å². The molecule has 2 N–H and O–H groups in total. The van der Waals surface area contributed by atoms with Gasteiger partial charge in [0.05, 0.1) is 7.11 Å². The van der Waals surface area contributed by atoms with Crippen LogP contribution in [0.5, 0.6) is 5.75 Å². The Kier molecular flexibility index (Phi) is 10.8. The lowest BCUT2D eigenvalue weighted by Gasteiger charge is -2.22. The Labute approximate surface area is 160 Å². The molecule has 0 bridgehead atoms. The number of ether oxygens (including phenoxy) is 1. The van der Waals surface area contributed by atoms with Crippen molar-refractivity contribution in [2.45, 2.75) is 52.5 Å². The number of hydrogen-bond acceptors (Lipinski definition) is 3. The second kappa shape index (κ2) is 12.6. The normalized spacial score (nSPS) is 14.2. The molecule has 0 saturated carbocycles. The quantitative estimate of drug-likeness (QED) is 0.467. The third-order valence-corrected chi connectivity index (χ3v) is 4.86. The first-order valence-electron chi connectivity index (χ1n) is 9.88. The van der Waals surface area contributed by atoms with E-state index in [1.54, 1.807) is 7.11 Å². The van der Waals surface area contributed by atoms with Gasteiger partial charge in [-0.05, 0) is 51.0 Å². The lowest BCUT2D eigenvalue weighted by Crippen LogP contribution is -2.43. The van der Waals surface area contributed by atoms with E-state index < -0.39 is 0 Å². The summed E-state index contributed by atoms with van der Waals surface area (Å²) >= 11 is 0. The summed E-state index contributed by atoms with van der Waals surface area (Å²) in [5, 5.41) is 6.95. The van der Waals surface area contributed by atoms with Crippen LogP contribution in [-0.2, 0) is 0 Å². The SMILES string of the molecule is CCN(CC)CCCC(C)NC(=NC)NCC(C)c1ccccc1OC. The molecule has 0 fully saturated rings. The molecule has 0 aliphatic rings. The molecule has 26 heavy (non-hydrogen) atoms. The number of guanidine groups is 1. The molecule has 0 saturated heterocycles. The molecule has 1 aromatic carbocycles. The fourth-order valence-electron chi connectivity index (χ4n) is 3.09. The zero-order valence-electron chi connectivity index (χ0n) is 17.5. The van der Waals surface area contributed by atoms with Gasteiger partial charge >= 0.3 is 0 Å². The standard InChI is InChI=1S/C21H38N4O/c1-7-25(8-2)15-11-12-18(4)24-21(22-5)23-16-17(3)19-13-9-10-14-20(19)26-6/h9-10,13-14,17-18H,7-8,11-12,15-16H2,1-6H3,(H2,22,23,24). The van der Waals surface area contributed by atoms with Gasteiger partial charge < -0.3 is 20.3 Å². The van der Waals surface area contributed by atoms with Crippen molar-refractivity contribution in [3.8, 4) is 5.75 Å². The van der Waals surface area contributed by atoms with Crippen LogP contribution in [-0.4, -0.2) is 57.2 Å². The molecule has 2 unspecified atom stereocenters.